The maximum absolute atomic E-state index is 10.5. The molecule has 6 unspecified atom stereocenters. The quantitative estimate of drug-likeness (QED) is 0.175. The SMILES string of the molecule is O=C(CO)C(O)C(O)C(O)CO.O=C(CO)C(O)C(O)C(O)CO. The zero-order chi connectivity index (χ0) is 19.4. The Morgan fingerprint density at radius 2 is 0.833 bits per heavy atom. The summed E-state index contributed by atoms with van der Waals surface area (Å²) < 4.78 is 0. The third-order valence-electron chi connectivity index (χ3n) is 2.78. The molecule has 24 heavy (non-hydrogen) atoms. The normalized spacial score (nSPS) is 18.4. The van der Waals surface area contributed by atoms with Crippen molar-refractivity contribution >= 4 is 11.6 Å². The fourth-order valence-corrected chi connectivity index (χ4v) is 1.20. The van der Waals surface area contributed by atoms with Crippen LogP contribution in [-0.2, 0) is 9.59 Å². The molecule has 0 radical (unpaired) electrons. The Hall–Kier alpha value is -1.06. The number of aliphatic hydroxyl groups excluding tert-OH is 10. The van der Waals surface area contributed by atoms with Gasteiger partial charge >= 0.3 is 0 Å². The van der Waals surface area contributed by atoms with Gasteiger partial charge in [0, 0.05) is 0 Å². The minimum Gasteiger partial charge on any atom is -0.394 e. The van der Waals surface area contributed by atoms with E-state index in [1.165, 1.54) is 0 Å². The van der Waals surface area contributed by atoms with Crippen LogP contribution in [0.5, 0.6) is 0 Å². The Labute approximate surface area is 136 Å². The highest BCUT2D eigenvalue weighted by atomic mass is 16.4. The van der Waals surface area contributed by atoms with Crippen LogP contribution in [0.15, 0.2) is 0 Å². The van der Waals surface area contributed by atoms with Crippen LogP contribution < -0.4 is 0 Å². The Morgan fingerprint density at radius 3 is 1.00 bits per heavy atom. The maximum Gasteiger partial charge on any atom is 0.189 e. The third-order valence-corrected chi connectivity index (χ3v) is 2.78. The molecule has 0 aromatic heterocycles. The van der Waals surface area contributed by atoms with Crippen molar-refractivity contribution in [3.63, 3.8) is 0 Å². The lowest BCUT2D eigenvalue weighted by Gasteiger charge is -2.19. The smallest absolute Gasteiger partial charge is 0.189 e. The summed E-state index contributed by atoms with van der Waals surface area (Å²) in [4.78, 5) is 21.0. The topological polar surface area (TPSA) is 236 Å². The van der Waals surface area contributed by atoms with Gasteiger partial charge in [-0.15, -0.1) is 0 Å². The first-order valence-corrected chi connectivity index (χ1v) is 6.66. The van der Waals surface area contributed by atoms with Crippen molar-refractivity contribution in [2.45, 2.75) is 36.6 Å². The minimum atomic E-state index is -1.86. The molecular formula is C12H24O12. The van der Waals surface area contributed by atoms with E-state index in [0.29, 0.717) is 0 Å². The van der Waals surface area contributed by atoms with Crippen LogP contribution in [0.4, 0.5) is 0 Å². The second-order valence-electron chi connectivity index (χ2n) is 4.62. The molecule has 0 fully saturated rings. The van der Waals surface area contributed by atoms with Crippen LogP contribution in [0, 0.1) is 0 Å². The summed E-state index contributed by atoms with van der Waals surface area (Å²) in [6, 6.07) is 0. The molecule has 0 aliphatic carbocycles. The number of carbonyl (C=O) groups excluding carboxylic acids is 2. The van der Waals surface area contributed by atoms with E-state index >= 15 is 0 Å². The molecule has 0 spiro atoms. The molecule has 12 nitrogen and oxygen atoms in total. The van der Waals surface area contributed by atoms with E-state index in [4.69, 9.17) is 51.1 Å². The van der Waals surface area contributed by atoms with Gasteiger partial charge in [0.25, 0.3) is 0 Å². The Morgan fingerprint density at radius 1 is 0.583 bits per heavy atom. The highest BCUT2D eigenvalue weighted by molar-refractivity contribution is 5.84. The van der Waals surface area contributed by atoms with E-state index in [2.05, 4.69) is 0 Å². The second kappa shape index (κ2) is 13.3. The van der Waals surface area contributed by atoms with Gasteiger partial charge in [0.15, 0.2) is 11.6 Å². The highest BCUT2D eigenvalue weighted by Gasteiger charge is 2.29. The van der Waals surface area contributed by atoms with Crippen molar-refractivity contribution in [3.05, 3.63) is 0 Å². The van der Waals surface area contributed by atoms with Crippen LogP contribution in [0.25, 0.3) is 0 Å². The van der Waals surface area contributed by atoms with Gasteiger partial charge < -0.3 is 51.1 Å². The molecule has 10 N–H and O–H groups in total. The predicted octanol–water partition coefficient (Wildman–Crippen LogP) is -6.75. The molecule has 0 aromatic rings. The summed E-state index contributed by atoms with van der Waals surface area (Å²) in [7, 11) is 0. The van der Waals surface area contributed by atoms with Crippen LogP contribution in [0.3, 0.4) is 0 Å². The summed E-state index contributed by atoms with van der Waals surface area (Å²) in [6.07, 6.45) is -10.4. The van der Waals surface area contributed by atoms with Crippen LogP contribution >= 0.6 is 0 Å². The van der Waals surface area contributed by atoms with Crippen LogP contribution in [0.2, 0.25) is 0 Å². The van der Waals surface area contributed by atoms with E-state index < -0.39 is 74.6 Å². The number of ketones is 2. The largest absolute Gasteiger partial charge is 0.394 e. The molecule has 6 atom stereocenters. The van der Waals surface area contributed by atoms with Crippen LogP contribution in [-0.4, -0.2) is 126 Å². The molecule has 0 amide bonds. The van der Waals surface area contributed by atoms with Gasteiger partial charge in [-0.25, -0.2) is 0 Å². The van der Waals surface area contributed by atoms with Gasteiger partial charge in [-0.3, -0.25) is 9.59 Å². The zero-order valence-corrected chi connectivity index (χ0v) is 12.6. The van der Waals surface area contributed by atoms with Gasteiger partial charge in [-0.2, -0.15) is 0 Å². The van der Waals surface area contributed by atoms with Crippen molar-refractivity contribution < 1.29 is 60.7 Å². The van der Waals surface area contributed by atoms with Crippen molar-refractivity contribution in [2.24, 2.45) is 0 Å². The molecule has 144 valence electrons. The van der Waals surface area contributed by atoms with Gasteiger partial charge in [0.1, 0.15) is 49.8 Å². The molecule has 0 saturated carbocycles. The minimum absolute atomic E-state index is 0.767. The van der Waals surface area contributed by atoms with Gasteiger partial charge in [-0.05, 0) is 0 Å². The predicted molar refractivity (Wildman–Crippen MR) is 74.4 cm³/mol. The van der Waals surface area contributed by atoms with Crippen LogP contribution in [0.1, 0.15) is 0 Å². The summed E-state index contributed by atoms with van der Waals surface area (Å²) in [6.45, 7) is -3.37. The van der Waals surface area contributed by atoms with E-state index in [-0.39, 0.29) is 0 Å². The fourth-order valence-electron chi connectivity index (χ4n) is 1.20. The van der Waals surface area contributed by atoms with Gasteiger partial charge in [-0.1, -0.05) is 0 Å². The van der Waals surface area contributed by atoms with E-state index in [9.17, 15) is 9.59 Å². The summed E-state index contributed by atoms with van der Waals surface area (Å²) >= 11 is 0. The van der Waals surface area contributed by atoms with Crippen molar-refractivity contribution in [2.75, 3.05) is 26.4 Å². The molecular weight excluding hydrogens is 336 g/mol. The highest BCUT2D eigenvalue weighted by Crippen LogP contribution is 2.01. The Bertz CT molecular complexity index is 328. The standard InChI is InChI=1S/2C6H12O6/c2*7-1-3(9)5(11)6(12)4(10)2-8/h2*3,5-9,11-12H,1-2H2. The Balaban J connectivity index is 0. The fraction of sp³-hybridized carbons (Fsp3) is 0.833. The number of hydrogen-bond acceptors (Lipinski definition) is 12. The number of rotatable bonds is 10. The Kier molecular flexibility index (Phi) is 13.9. The van der Waals surface area contributed by atoms with E-state index in [0.717, 1.165) is 0 Å². The van der Waals surface area contributed by atoms with Gasteiger partial charge in [0.05, 0.1) is 13.2 Å². The monoisotopic (exact) mass is 360 g/mol. The summed E-state index contributed by atoms with van der Waals surface area (Å²) in [5.74, 6) is -2.01. The summed E-state index contributed by atoms with van der Waals surface area (Å²) in [5, 5.41) is 86.1. The molecule has 0 rings (SSSR count). The van der Waals surface area contributed by atoms with Crippen molar-refractivity contribution in [1.82, 2.24) is 0 Å². The first-order valence-electron chi connectivity index (χ1n) is 6.66. The third kappa shape index (κ3) is 8.70. The number of Topliss-reactive ketones (excluding diaryl/α,β-unsaturated/α-hetero) is 2. The molecule has 0 bridgehead atoms. The lowest BCUT2D eigenvalue weighted by Crippen LogP contribution is -2.44. The molecule has 12 heteroatoms. The molecule has 0 aliphatic heterocycles. The number of aliphatic hydroxyl groups is 10. The van der Waals surface area contributed by atoms with E-state index in [1.54, 1.807) is 0 Å². The molecule has 0 saturated heterocycles. The average molecular weight is 360 g/mol. The first-order chi connectivity index (χ1) is 11.1. The number of hydrogen-bond donors (Lipinski definition) is 10. The first kappa shape index (κ1) is 25.2. The lowest BCUT2D eigenvalue weighted by molar-refractivity contribution is -0.143. The second-order valence-corrected chi connectivity index (χ2v) is 4.62. The summed E-state index contributed by atoms with van der Waals surface area (Å²) in [5.41, 5.74) is 0. The molecule has 0 aromatic carbocycles. The van der Waals surface area contributed by atoms with E-state index in [1.807, 2.05) is 0 Å². The van der Waals surface area contributed by atoms with Gasteiger partial charge in [0.2, 0.25) is 0 Å². The number of carbonyl (C=O) groups is 2. The lowest BCUT2D eigenvalue weighted by atomic mass is 10.1. The molecule has 0 aliphatic rings. The zero-order valence-electron chi connectivity index (χ0n) is 12.6. The maximum atomic E-state index is 10.5. The molecule has 0 heterocycles. The van der Waals surface area contributed by atoms with Crippen molar-refractivity contribution in [3.8, 4) is 0 Å². The van der Waals surface area contributed by atoms with Crippen molar-refractivity contribution in [1.29, 1.82) is 0 Å². The average Bonchev–Trinajstić information content (AvgIpc) is 2.62.